The zero-order valence-corrected chi connectivity index (χ0v) is 20.5. The van der Waals surface area contributed by atoms with E-state index in [9.17, 15) is 34.8 Å². The summed E-state index contributed by atoms with van der Waals surface area (Å²) in [5, 5.41) is 47.7. The second kappa shape index (κ2) is 8.64. The Morgan fingerprint density at radius 2 is 2.00 bits per heavy atom. The van der Waals surface area contributed by atoms with Crippen LogP contribution in [-0.2, 0) is 20.8 Å². The van der Waals surface area contributed by atoms with Crippen LogP contribution in [-0.4, -0.2) is 74.6 Å². The van der Waals surface area contributed by atoms with Crippen LogP contribution < -0.4 is 11.1 Å². The lowest BCUT2D eigenvalue weighted by atomic mass is 9.57. The first-order valence-corrected chi connectivity index (χ1v) is 12.4. The number of benzene rings is 1. The molecule has 1 aromatic rings. The number of likely N-dealkylation sites (N-methyl/N-ethyl adjacent to an activating group) is 1. The van der Waals surface area contributed by atoms with Gasteiger partial charge in [-0.25, -0.2) is 4.39 Å². The number of phenols is 1. The summed E-state index contributed by atoms with van der Waals surface area (Å²) >= 11 is 0. The predicted molar refractivity (Wildman–Crippen MR) is 129 cm³/mol. The van der Waals surface area contributed by atoms with Gasteiger partial charge in [0.2, 0.25) is 5.78 Å². The highest BCUT2D eigenvalue weighted by Crippen LogP contribution is 2.53. The number of nitrogens with one attached hydrogen (secondary N) is 1. The normalized spacial score (nSPS) is 31.5. The van der Waals surface area contributed by atoms with E-state index in [1.165, 1.54) is 6.07 Å². The van der Waals surface area contributed by atoms with E-state index in [0.29, 0.717) is 19.5 Å². The molecule has 1 unspecified atom stereocenters. The van der Waals surface area contributed by atoms with Gasteiger partial charge in [-0.05, 0) is 57.8 Å². The van der Waals surface area contributed by atoms with Gasteiger partial charge in [-0.3, -0.25) is 19.3 Å². The second-order valence-corrected chi connectivity index (χ2v) is 10.4. The highest BCUT2D eigenvalue weighted by Gasteiger charge is 2.64. The highest BCUT2D eigenvalue weighted by atomic mass is 19.1. The number of carbonyl (C=O) groups excluding carboxylic acids is 3. The number of ketones is 2. The number of aliphatic hydroxyl groups excluding tert-OH is 2. The van der Waals surface area contributed by atoms with Crippen molar-refractivity contribution in [3.05, 3.63) is 45.5 Å². The summed E-state index contributed by atoms with van der Waals surface area (Å²) in [6, 6.07) is -0.239. The average molecular weight is 516 g/mol. The predicted octanol–water partition coefficient (Wildman–Crippen LogP) is 0.918. The van der Waals surface area contributed by atoms with E-state index in [4.69, 9.17) is 5.73 Å². The van der Waals surface area contributed by atoms with Gasteiger partial charge in [0.1, 0.15) is 28.7 Å². The number of rotatable bonds is 4. The number of carbonyl (C=O) groups is 3. The first-order chi connectivity index (χ1) is 17.4. The van der Waals surface area contributed by atoms with Crippen LogP contribution in [0.15, 0.2) is 23.0 Å². The molecule has 11 heteroatoms. The van der Waals surface area contributed by atoms with Crippen LogP contribution in [0.2, 0.25) is 0 Å². The molecule has 1 saturated heterocycles. The quantitative estimate of drug-likeness (QED) is 0.319. The van der Waals surface area contributed by atoms with Gasteiger partial charge in [0, 0.05) is 28.7 Å². The second-order valence-electron chi connectivity index (χ2n) is 10.4. The molecule has 1 aromatic carbocycles. The Balaban J connectivity index is 1.70. The summed E-state index contributed by atoms with van der Waals surface area (Å²) in [5.41, 5.74) is 1.54. The lowest BCUT2D eigenvalue weighted by Gasteiger charge is -2.50. The van der Waals surface area contributed by atoms with Crippen molar-refractivity contribution in [3.63, 3.8) is 0 Å². The van der Waals surface area contributed by atoms with Crippen molar-refractivity contribution >= 4 is 23.2 Å². The smallest absolute Gasteiger partial charge is 0.255 e. The van der Waals surface area contributed by atoms with Gasteiger partial charge >= 0.3 is 0 Å². The third-order valence-electron chi connectivity index (χ3n) is 8.53. The van der Waals surface area contributed by atoms with E-state index in [1.54, 1.807) is 18.9 Å². The highest BCUT2D eigenvalue weighted by molar-refractivity contribution is 6.24. The van der Waals surface area contributed by atoms with Gasteiger partial charge in [0.25, 0.3) is 5.91 Å². The van der Waals surface area contributed by atoms with Crippen molar-refractivity contribution in [1.29, 1.82) is 0 Å². The maximum absolute atomic E-state index is 15.8. The van der Waals surface area contributed by atoms with Crippen molar-refractivity contribution in [2.75, 3.05) is 20.1 Å². The van der Waals surface area contributed by atoms with Crippen LogP contribution in [0.25, 0.3) is 5.76 Å². The lowest BCUT2D eigenvalue weighted by Crippen LogP contribution is -2.66. The Morgan fingerprint density at radius 3 is 2.59 bits per heavy atom. The molecule has 0 aromatic heterocycles. The Morgan fingerprint density at radius 1 is 1.30 bits per heavy atom. The van der Waals surface area contributed by atoms with E-state index < -0.39 is 69.6 Å². The molecule has 37 heavy (non-hydrogen) atoms. The number of nitrogens with two attached hydrogens (primary N) is 1. The molecule has 0 radical (unpaired) electrons. The van der Waals surface area contributed by atoms with Crippen LogP contribution in [0.1, 0.15) is 48.9 Å². The zero-order valence-electron chi connectivity index (χ0n) is 20.5. The third kappa shape index (κ3) is 3.37. The summed E-state index contributed by atoms with van der Waals surface area (Å²) in [5.74, 6) is -8.08. The minimum Gasteiger partial charge on any atom is -0.508 e. The Hall–Kier alpha value is -3.28. The summed E-state index contributed by atoms with van der Waals surface area (Å²) in [6.45, 7) is 2.76. The number of aliphatic hydroxyl groups is 3. The standard InChI is InChI=1S/C26H30FN3O7/c1-3-30(2)20-13-8-10-7-12-17(15(31)9-11(19(12)27)14-5-4-6-29-14)21(32)16(10)23(34)26(13,37)24(35)18(22(20)33)25(28)36/h9-10,13-14,20,29,31-32,35,37H,3-8H2,1-2H3,(H2,28,36)/t10-,13-,14?,20-,26-/m0/s1. The van der Waals surface area contributed by atoms with Crippen molar-refractivity contribution < 1.29 is 39.2 Å². The fourth-order valence-electron chi connectivity index (χ4n) is 6.62. The topological polar surface area (TPSA) is 173 Å². The first kappa shape index (κ1) is 25.4. The van der Waals surface area contributed by atoms with Crippen LogP contribution in [0, 0.1) is 17.7 Å². The van der Waals surface area contributed by atoms with E-state index in [2.05, 4.69) is 5.32 Å². The number of Topliss-reactive ketones (excluding diaryl/α,β-unsaturated/α-hetero) is 2. The fraction of sp³-hybridized carbons (Fsp3) is 0.500. The Bertz CT molecular complexity index is 1300. The van der Waals surface area contributed by atoms with Crippen LogP contribution in [0.3, 0.4) is 0 Å². The molecule has 1 aliphatic heterocycles. The number of aromatic hydroxyl groups is 1. The molecule has 2 fully saturated rings. The lowest BCUT2D eigenvalue weighted by molar-refractivity contribution is -0.154. The molecule has 3 aliphatic carbocycles. The maximum atomic E-state index is 15.8. The SMILES string of the molecule is CCN(C)[C@@H]1C(=O)C(C(N)=O)=C(O)[C@@]2(O)C(=O)C3=C(O)c4c(O)cc(C5CCCN5)c(F)c4C[C@H]3C[C@@H]12. The molecule has 1 saturated carbocycles. The summed E-state index contributed by atoms with van der Waals surface area (Å²) < 4.78 is 15.8. The number of phenolic OH excluding ortho intramolecular Hbond substituents is 1. The molecule has 1 amide bonds. The van der Waals surface area contributed by atoms with Gasteiger partial charge < -0.3 is 31.5 Å². The number of halogens is 1. The van der Waals surface area contributed by atoms with Gasteiger partial charge in [-0.1, -0.05) is 6.92 Å². The monoisotopic (exact) mass is 515 g/mol. The molecule has 10 nitrogen and oxygen atoms in total. The summed E-state index contributed by atoms with van der Waals surface area (Å²) in [7, 11) is 1.58. The summed E-state index contributed by atoms with van der Waals surface area (Å²) in [4.78, 5) is 40.7. The number of amides is 1. The molecule has 1 heterocycles. The molecule has 5 rings (SSSR count). The average Bonchev–Trinajstić information content (AvgIpc) is 3.37. The molecule has 0 bridgehead atoms. The van der Waals surface area contributed by atoms with Crippen molar-refractivity contribution in [3.8, 4) is 5.75 Å². The minimum absolute atomic E-state index is 0.0494. The van der Waals surface area contributed by atoms with Crippen molar-refractivity contribution in [2.45, 2.75) is 50.3 Å². The third-order valence-corrected chi connectivity index (χ3v) is 8.53. The van der Waals surface area contributed by atoms with E-state index in [1.807, 2.05) is 0 Å². The number of fused-ring (bicyclic) bond motifs is 3. The summed E-state index contributed by atoms with van der Waals surface area (Å²) in [6.07, 6.45) is 1.38. The van der Waals surface area contributed by atoms with Gasteiger partial charge in [-0.2, -0.15) is 0 Å². The van der Waals surface area contributed by atoms with Gasteiger partial charge in [0.15, 0.2) is 11.4 Å². The largest absolute Gasteiger partial charge is 0.508 e. The molecule has 5 atom stereocenters. The number of nitrogens with zero attached hydrogens (tertiary/aromatic N) is 1. The number of hydrogen-bond acceptors (Lipinski definition) is 9. The van der Waals surface area contributed by atoms with Gasteiger partial charge in [0.05, 0.1) is 11.6 Å². The van der Waals surface area contributed by atoms with Crippen molar-refractivity contribution in [1.82, 2.24) is 10.2 Å². The minimum atomic E-state index is -2.72. The van der Waals surface area contributed by atoms with Crippen LogP contribution in [0.4, 0.5) is 4.39 Å². The van der Waals surface area contributed by atoms with Gasteiger partial charge in [-0.15, -0.1) is 0 Å². The van der Waals surface area contributed by atoms with Crippen molar-refractivity contribution in [2.24, 2.45) is 17.6 Å². The van der Waals surface area contributed by atoms with E-state index in [0.717, 1.165) is 6.42 Å². The Labute approximate surface area is 212 Å². The van der Waals surface area contributed by atoms with E-state index in [-0.39, 0.29) is 41.1 Å². The molecular formula is C26H30FN3O7. The molecule has 4 aliphatic rings. The van der Waals surface area contributed by atoms with E-state index >= 15 is 4.39 Å². The first-order valence-electron chi connectivity index (χ1n) is 12.4. The Kier molecular flexibility index (Phi) is 5.93. The van der Waals surface area contributed by atoms with Crippen LogP contribution in [0.5, 0.6) is 5.75 Å². The maximum Gasteiger partial charge on any atom is 0.255 e. The number of hydrogen-bond donors (Lipinski definition) is 6. The molecule has 7 N–H and O–H groups in total. The zero-order chi connectivity index (χ0) is 27.0. The molecule has 198 valence electrons. The molecule has 0 spiro atoms. The number of primary amides is 1. The molecular weight excluding hydrogens is 485 g/mol. The fourth-order valence-corrected chi connectivity index (χ4v) is 6.62. The van der Waals surface area contributed by atoms with Crippen LogP contribution >= 0.6 is 0 Å².